The van der Waals surface area contributed by atoms with E-state index in [1.54, 1.807) is 13.0 Å². The van der Waals surface area contributed by atoms with Crippen LogP contribution in [0.2, 0.25) is 0 Å². The Labute approximate surface area is 453 Å². The molecule has 2 aromatic rings. The molecule has 11 N–H and O–H groups in total. The van der Waals surface area contributed by atoms with E-state index in [2.05, 4.69) is 41.9 Å². The van der Waals surface area contributed by atoms with E-state index in [9.17, 15) is 38.4 Å². The molecule has 26 nitrogen and oxygen atoms in total. The van der Waals surface area contributed by atoms with Crippen molar-refractivity contribution in [1.82, 2.24) is 5.32 Å². The van der Waals surface area contributed by atoms with Crippen molar-refractivity contribution < 1.29 is 52.2 Å². The number of rotatable bonds is 45. The van der Waals surface area contributed by atoms with E-state index >= 15 is 0 Å². The molecule has 78 heavy (non-hydrogen) atoms. The molecule has 2 rings (SSSR count). The zero-order valence-electron chi connectivity index (χ0n) is 45.0. The molecular weight excluding hydrogens is 1010 g/mol. The average molecular weight is 1090 g/mol. The van der Waals surface area contributed by atoms with Gasteiger partial charge in [0, 0.05) is 148 Å². The summed E-state index contributed by atoms with van der Waals surface area (Å²) in [6, 6.07) is 4.55. The molecule has 428 valence electrons. The lowest BCUT2D eigenvalue weighted by Gasteiger charge is -2.19. The first kappa shape index (κ1) is 66.1. The molecule has 0 saturated heterocycles. The van der Waals surface area contributed by atoms with E-state index in [0.717, 1.165) is 0 Å². The van der Waals surface area contributed by atoms with E-state index < -0.39 is 35.4 Å². The first-order chi connectivity index (χ1) is 37.3. The number of hydrogen-bond acceptors (Lipinski definition) is 16. The van der Waals surface area contributed by atoms with Gasteiger partial charge in [0.05, 0.1) is 19.5 Å². The zero-order chi connectivity index (χ0) is 57.8. The number of primary amides is 1. The number of allylic oxidation sites excluding steroid dienone is 1. The van der Waals surface area contributed by atoms with Gasteiger partial charge in [0.2, 0.25) is 11.8 Å². The molecule has 0 aliphatic carbocycles. The normalized spacial score (nSPS) is 12.3. The number of ketones is 5. The lowest BCUT2D eigenvalue weighted by atomic mass is 9.85. The van der Waals surface area contributed by atoms with Gasteiger partial charge in [-0.1, -0.05) is 23.2 Å². The van der Waals surface area contributed by atoms with Crippen LogP contribution in [-0.2, 0) is 38.3 Å². The third-order valence-corrected chi connectivity index (χ3v) is 12.6. The zero-order valence-corrected chi connectivity index (χ0v) is 45.0. The summed E-state index contributed by atoms with van der Waals surface area (Å²) >= 11 is 0. The number of methoxy groups -OCH3 is 1. The highest BCUT2D eigenvalue weighted by Crippen LogP contribution is 2.36. The SMILES string of the molecule is C=C(CCCN=[N+]=[N-])OC(C)c1cc(=O)oc2cc(OCCCC(=O)NCCCCC(CC(=O)C(CCCN=C(N)N)CC(=O)CCC(=O)CCC(=O)C(CCCN=C(N)N)CC(=O)CCCN=[N+]=[N-])C(N)=O)c(OC)cc12. The fraction of sp³-hybridized carbons (Fsp3) is 0.615. The Bertz CT molecular complexity index is 2560. The quantitative estimate of drug-likeness (QED) is 0.00643. The number of carbonyl (C=O) groups is 7. The third kappa shape index (κ3) is 27.7. The molecule has 0 saturated carbocycles. The number of nitrogens with two attached hydrogens (primary N) is 5. The maximum Gasteiger partial charge on any atom is 0.336 e. The topological polar surface area (TPSA) is 442 Å². The van der Waals surface area contributed by atoms with Gasteiger partial charge in [-0.05, 0) is 81.8 Å². The van der Waals surface area contributed by atoms with Crippen LogP contribution in [0, 0.1) is 17.8 Å². The molecule has 1 heterocycles. The predicted molar refractivity (Wildman–Crippen MR) is 293 cm³/mol. The third-order valence-electron chi connectivity index (χ3n) is 12.6. The van der Waals surface area contributed by atoms with Crippen molar-refractivity contribution in [2.45, 2.75) is 141 Å². The van der Waals surface area contributed by atoms with Crippen LogP contribution in [0.1, 0.15) is 147 Å². The van der Waals surface area contributed by atoms with Crippen LogP contribution in [0.3, 0.4) is 0 Å². The number of guanidine groups is 2. The van der Waals surface area contributed by atoms with Crippen LogP contribution in [0.25, 0.3) is 31.9 Å². The summed E-state index contributed by atoms with van der Waals surface area (Å²) in [6.45, 7) is 7.01. The lowest BCUT2D eigenvalue weighted by molar-refractivity contribution is -0.132. The first-order valence-electron chi connectivity index (χ1n) is 26.2. The molecule has 2 amide bonds. The Balaban J connectivity index is 1.90. The summed E-state index contributed by atoms with van der Waals surface area (Å²) < 4.78 is 22.9. The number of azide groups is 2. The van der Waals surface area contributed by atoms with Crippen LogP contribution >= 0.6 is 0 Å². The van der Waals surface area contributed by atoms with Crippen LogP contribution < -0.4 is 49.1 Å². The van der Waals surface area contributed by atoms with Gasteiger partial charge in [0.25, 0.3) is 0 Å². The van der Waals surface area contributed by atoms with Crippen LogP contribution in [0.5, 0.6) is 11.5 Å². The van der Waals surface area contributed by atoms with Crippen molar-refractivity contribution in [3.63, 3.8) is 0 Å². The molecule has 4 atom stereocenters. The molecule has 0 spiro atoms. The minimum atomic E-state index is -0.834. The highest BCUT2D eigenvalue weighted by Gasteiger charge is 2.28. The molecule has 26 heteroatoms. The maximum absolute atomic E-state index is 13.7. The number of nitrogens with one attached hydrogen (secondary N) is 1. The Morgan fingerprint density at radius 2 is 1.23 bits per heavy atom. The van der Waals surface area contributed by atoms with E-state index in [0.29, 0.717) is 99.1 Å². The fourth-order valence-electron chi connectivity index (χ4n) is 8.43. The Kier molecular flexibility index (Phi) is 32.0. The molecule has 0 fully saturated rings. The Morgan fingerprint density at radius 3 is 1.83 bits per heavy atom. The number of hydrogen-bond donors (Lipinski definition) is 6. The minimum Gasteiger partial charge on any atom is -0.493 e. The van der Waals surface area contributed by atoms with Crippen LogP contribution in [0.4, 0.5) is 0 Å². The number of amides is 2. The summed E-state index contributed by atoms with van der Waals surface area (Å²) in [4.78, 5) is 117. The summed E-state index contributed by atoms with van der Waals surface area (Å²) in [6.07, 6.45) is 2.82. The molecule has 0 aliphatic rings. The second-order valence-electron chi connectivity index (χ2n) is 18.8. The minimum absolute atomic E-state index is 0.0450. The molecule has 1 aromatic heterocycles. The predicted octanol–water partition coefficient (Wildman–Crippen LogP) is 6.04. The van der Waals surface area contributed by atoms with Gasteiger partial charge in [-0.25, -0.2) is 4.79 Å². The monoisotopic (exact) mass is 1090 g/mol. The van der Waals surface area contributed by atoms with Crippen LogP contribution in [-0.4, -0.2) is 99.1 Å². The van der Waals surface area contributed by atoms with Gasteiger partial charge in [0.1, 0.15) is 40.6 Å². The molecule has 0 aliphatic heterocycles. The summed E-state index contributed by atoms with van der Waals surface area (Å²) in [5.41, 5.74) is 44.6. The van der Waals surface area contributed by atoms with Crippen LogP contribution in [0.15, 0.2) is 60.0 Å². The Morgan fingerprint density at radius 1 is 0.654 bits per heavy atom. The smallest absolute Gasteiger partial charge is 0.336 e. The van der Waals surface area contributed by atoms with E-state index in [-0.39, 0.29) is 149 Å². The highest BCUT2D eigenvalue weighted by atomic mass is 16.5. The van der Waals surface area contributed by atoms with Crippen molar-refractivity contribution in [2.75, 3.05) is 46.4 Å². The maximum atomic E-state index is 13.7. The van der Waals surface area contributed by atoms with Crippen molar-refractivity contribution in [3.8, 4) is 11.5 Å². The number of Topliss-reactive ketones (excluding diaryl/α,β-unsaturated/α-hetero) is 5. The second kappa shape index (κ2) is 37.7. The van der Waals surface area contributed by atoms with Gasteiger partial charge in [-0.3, -0.25) is 43.5 Å². The number of aliphatic imine (C=N–C) groups is 2. The van der Waals surface area contributed by atoms with Crippen molar-refractivity contribution >= 4 is 63.6 Å². The summed E-state index contributed by atoms with van der Waals surface area (Å²) in [5.74, 6) is -3.85. The molecular formula is C52H78N14O12. The second-order valence-corrected chi connectivity index (χ2v) is 18.8. The standard InChI is InChI=1S/C52H78N14O12/c1-33(11-6-24-63-65-58)77-34(2)41-31-49(73)78-45-32-47(46(75-3)30-42(41)45)76-26-10-16-48(72)60-21-5-4-12-37(50(53)74)29-44(71)36(14-8-23-62-52(56)57)28-40(69)18-17-38(67)19-20-43(70)35(13-7-22-61-51(54)55)27-39(68)15-9-25-64-66-59/h30-32,34-37H,1,4-29H2,2-3H3,(H2,53,74)(H,60,72)(H4,54,55,61)(H4,56,57,62). The lowest BCUT2D eigenvalue weighted by Crippen LogP contribution is -2.29. The van der Waals surface area contributed by atoms with E-state index in [1.165, 1.54) is 19.2 Å². The Hall–Kier alpha value is -7.98. The summed E-state index contributed by atoms with van der Waals surface area (Å²) in [5, 5.41) is 10.3. The van der Waals surface area contributed by atoms with Gasteiger partial charge in [-0.2, -0.15) is 0 Å². The van der Waals surface area contributed by atoms with Gasteiger partial charge < -0.3 is 52.6 Å². The van der Waals surface area contributed by atoms with Crippen molar-refractivity contribution in [1.29, 1.82) is 0 Å². The van der Waals surface area contributed by atoms with Crippen molar-refractivity contribution in [2.24, 2.45) is 66.6 Å². The average Bonchev–Trinajstić information content (AvgIpc) is 3.41. The highest BCUT2D eigenvalue weighted by molar-refractivity contribution is 5.94. The van der Waals surface area contributed by atoms with Gasteiger partial charge in [0.15, 0.2) is 23.4 Å². The number of ether oxygens (including phenoxy) is 3. The molecule has 1 aromatic carbocycles. The molecule has 0 radical (unpaired) electrons. The number of benzene rings is 1. The fourth-order valence-corrected chi connectivity index (χ4v) is 8.43. The van der Waals surface area contributed by atoms with Gasteiger partial charge in [-0.15, -0.1) is 0 Å². The number of nitrogens with zero attached hydrogens (tertiary/aromatic N) is 8. The van der Waals surface area contributed by atoms with E-state index in [1.807, 2.05) is 0 Å². The first-order valence-corrected chi connectivity index (χ1v) is 26.2. The molecule has 4 unspecified atom stereocenters. The van der Waals surface area contributed by atoms with Gasteiger partial charge >= 0.3 is 5.63 Å². The summed E-state index contributed by atoms with van der Waals surface area (Å²) in [7, 11) is 1.47. The number of carbonyl (C=O) groups excluding carboxylic acids is 7. The largest absolute Gasteiger partial charge is 0.493 e. The van der Waals surface area contributed by atoms with E-state index in [4.69, 9.17) is 58.4 Å². The molecule has 0 bridgehead atoms. The van der Waals surface area contributed by atoms with Crippen molar-refractivity contribution in [3.05, 3.63) is 67.4 Å². The number of fused-ring (bicyclic) bond motifs is 1. The number of unbranched alkanes of at least 4 members (excludes halogenated alkanes) is 1.